The zero-order chi connectivity index (χ0) is 11.8. The van der Waals surface area contributed by atoms with Crippen molar-refractivity contribution in [3.05, 3.63) is 35.9 Å². The van der Waals surface area contributed by atoms with Crippen molar-refractivity contribution in [1.29, 1.82) is 0 Å². The van der Waals surface area contributed by atoms with E-state index in [9.17, 15) is 9.59 Å². The number of rotatable bonds is 2. The molecule has 0 spiro atoms. The molecule has 16 heavy (non-hydrogen) atoms. The molecule has 4 heteroatoms. The highest BCUT2D eigenvalue weighted by Gasteiger charge is 2.49. The van der Waals surface area contributed by atoms with Gasteiger partial charge in [0.1, 0.15) is 5.54 Å². The summed E-state index contributed by atoms with van der Waals surface area (Å²) in [5.74, 6) is -0.259. The van der Waals surface area contributed by atoms with Crippen molar-refractivity contribution in [2.24, 2.45) is 0 Å². The Morgan fingerprint density at radius 3 is 2.44 bits per heavy atom. The second-order valence-electron chi connectivity index (χ2n) is 3.94. The Hall–Kier alpha value is -1.84. The largest absolute Gasteiger partial charge is 0.325 e. The van der Waals surface area contributed by atoms with Crippen LogP contribution in [0.1, 0.15) is 19.4 Å². The Bertz CT molecular complexity index is 430. The van der Waals surface area contributed by atoms with Crippen molar-refractivity contribution in [2.75, 3.05) is 6.54 Å². The molecule has 1 unspecified atom stereocenters. The molecule has 1 saturated heterocycles. The van der Waals surface area contributed by atoms with Crippen LogP contribution in [-0.2, 0) is 10.3 Å². The van der Waals surface area contributed by atoms with Gasteiger partial charge in [0.05, 0.1) is 0 Å². The van der Waals surface area contributed by atoms with Gasteiger partial charge in [-0.1, -0.05) is 30.3 Å². The van der Waals surface area contributed by atoms with E-state index < -0.39 is 5.54 Å². The third kappa shape index (κ3) is 1.30. The van der Waals surface area contributed by atoms with E-state index in [1.54, 1.807) is 11.8 Å². The molecule has 0 aliphatic carbocycles. The maximum Gasteiger partial charge on any atom is 0.325 e. The predicted octanol–water partition coefficient (Wildman–Crippen LogP) is 1.47. The van der Waals surface area contributed by atoms with Crippen LogP contribution in [0.15, 0.2) is 30.3 Å². The summed E-state index contributed by atoms with van der Waals surface area (Å²) in [4.78, 5) is 25.0. The number of nitrogens with zero attached hydrogens (tertiary/aromatic N) is 1. The molecular weight excluding hydrogens is 204 g/mol. The highest BCUT2D eigenvalue weighted by molar-refractivity contribution is 6.07. The fourth-order valence-corrected chi connectivity index (χ4v) is 2.12. The molecule has 3 amide bonds. The number of imide groups is 1. The molecule has 0 aromatic heterocycles. The molecule has 1 aromatic rings. The number of benzene rings is 1. The number of hydrogen-bond donors (Lipinski definition) is 1. The van der Waals surface area contributed by atoms with Gasteiger partial charge in [-0.05, 0) is 19.4 Å². The van der Waals surface area contributed by atoms with Gasteiger partial charge in [0.15, 0.2) is 0 Å². The van der Waals surface area contributed by atoms with E-state index in [1.807, 2.05) is 37.3 Å². The van der Waals surface area contributed by atoms with E-state index in [2.05, 4.69) is 5.32 Å². The van der Waals surface area contributed by atoms with E-state index in [1.165, 1.54) is 0 Å². The second kappa shape index (κ2) is 3.63. The number of carbonyl (C=O) groups excluding carboxylic acids is 2. The molecule has 0 saturated carbocycles. The average Bonchev–Trinajstić information content (AvgIpc) is 2.52. The topological polar surface area (TPSA) is 49.4 Å². The van der Waals surface area contributed by atoms with Crippen LogP contribution in [0.4, 0.5) is 4.79 Å². The first kappa shape index (κ1) is 10.7. The standard InChI is InChI=1S/C12H14N2O2/c1-3-14-11(16)13-10(15)12(14,2)9-7-5-4-6-8-9/h4-8H,3H2,1-2H3,(H,13,15,16). The van der Waals surface area contributed by atoms with Crippen molar-refractivity contribution in [1.82, 2.24) is 10.2 Å². The summed E-state index contributed by atoms with van der Waals surface area (Å²) in [6.45, 7) is 4.13. The molecular formula is C12H14N2O2. The molecule has 2 rings (SSSR count). The van der Waals surface area contributed by atoms with Crippen molar-refractivity contribution >= 4 is 11.9 Å². The average molecular weight is 218 g/mol. The zero-order valence-electron chi connectivity index (χ0n) is 9.36. The second-order valence-corrected chi connectivity index (χ2v) is 3.94. The van der Waals surface area contributed by atoms with Crippen LogP contribution < -0.4 is 5.32 Å². The van der Waals surface area contributed by atoms with Crippen LogP contribution in [0.5, 0.6) is 0 Å². The van der Waals surface area contributed by atoms with Gasteiger partial charge in [-0.25, -0.2) is 4.79 Å². The molecule has 1 heterocycles. The lowest BCUT2D eigenvalue weighted by Gasteiger charge is -2.31. The van der Waals surface area contributed by atoms with Gasteiger partial charge >= 0.3 is 6.03 Å². The Balaban J connectivity index is 2.51. The number of urea groups is 1. The highest BCUT2D eigenvalue weighted by atomic mass is 16.2. The van der Waals surface area contributed by atoms with Crippen molar-refractivity contribution in [2.45, 2.75) is 19.4 Å². The minimum absolute atomic E-state index is 0.259. The van der Waals surface area contributed by atoms with Crippen LogP contribution in [0.3, 0.4) is 0 Å². The molecule has 84 valence electrons. The fraction of sp³-hybridized carbons (Fsp3) is 0.333. The van der Waals surface area contributed by atoms with Crippen LogP contribution in [0.25, 0.3) is 0 Å². The van der Waals surface area contributed by atoms with E-state index in [0.717, 1.165) is 5.56 Å². The van der Waals surface area contributed by atoms with Gasteiger partial charge in [-0.3, -0.25) is 10.1 Å². The van der Waals surface area contributed by atoms with Crippen LogP contribution in [-0.4, -0.2) is 23.4 Å². The van der Waals surface area contributed by atoms with Gasteiger partial charge in [-0.2, -0.15) is 0 Å². The molecule has 1 fully saturated rings. The van der Waals surface area contributed by atoms with Crippen LogP contribution >= 0.6 is 0 Å². The van der Waals surface area contributed by atoms with Crippen molar-refractivity contribution < 1.29 is 9.59 Å². The summed E-state index contributed by atoms with van der Waals surface area (Å²) in [7, 11) is 0. The first-order chi connectivity index (χ1) is 7.60. The third-order valence-corrected chi connectivity index (χ3v) is 3.10. The van der Waals surface area contributed by atoms with E-state index in [-0.39, 0.29) is 11.9 Å². The lowest BCUT2D eigenvalue weighted by molar-refractivity contribution is -0.126. The number of amides is 3. The molecule has 1 N–H and O–H groups in total. The molecule has 0 radical (unpaired) electrons. The van der Waals surface area contributed by atoms with Crippen LogP contribution in [0, 0.1) is 0 Å². The number of hydrogen-bond acceptors (Lipinski definition) is 2. The van der Waals surface area contributed by atoms with E-state index in [0.29, 0.717) is 6.54 Å². The molecule has 0 bridgehead atoms. The Morgan fingerprint density at radius 1 is 1.25 bits per heavy atom. The maximum absolute atomic E-state index is 11.9. The number of likely N-dealkylation sites (N-methyl/N-ethyl adjacent to an activating group) is 1. The molecule has 1 atom stereocenters. The minimum atomic E-state index is -0.882. The summed E-state index contributed by atoms with van der Waals surface area (Å²) in [6.07, 6.45) is 0. The predicted molar refractivity (Wildman–Crippen MR) is 59.7 cm³/mol. The quantitative estimate of drug-likeness (QED) is 0.764. The first-order valence-electron chi connectivity index (χ1n) is 5.29. The summed E-state index contributed by atoms with van der Waals surface area (Å²) in [5, 5.41) is 2.35. The van der Waals surface area contributed by atoms with Gasteiger partial charge in [0.25, 0.3) is 5.91 Å². The lowest BCUT2D eigenvalue weighted by Crippen LogP contribution is -2.44. The smallest absolute Gasteiger partial charge is 0.306 e. The van der Waals surface area contributed by atoms with E-state index >= 15 is 0 Å². The Kier molecular flexibility index (Phi) is 2.42. The van der Waals surface area contributed by atoms with Gasteiger partial charge in [-0.15, -0.1) is 0 Å². The molecule has 1 aromatic carbocycles. The summed E-state index contributed by atoms with van der Waals surface area (Å²) < 4.78 is 0. The third-order valence-electron chi connectivity index (χ3n) is 3.10. The summed E-state index contributed by atoms with van der Waals surface area (Å²) in [6, 6.07) is 9.02. The van der Waals surface area contributed by atoms with Crippen molar-refractivity contribution in [3.8, 4) is 0 Å². The van der Waals surface area contributed by atoms with Gasteiger partial charge in [0.2, 0.25) is 0 Å². The van der Waals surface area contributed by atoms with Gasteiger partial charge in [0, 0.05) is 6.54 Å². The maximum atomic E-state index is 11.9. The molecule has 1 aliphatic heterocycles. The Labute approximate surface area is 94.2 Å². The van der Waals surface area contributed by atoms with Gasteiger partial charge < -0.3 is 4.90 Å². The normalized spacial score (nSPS) is 24.8. The lowest BCUT2D eigenvalue weighted by atomic mass is 9.91. The fourth-order valence-electron chi connectivity index (χ4n) is 2.12. The molecule has 1 aliphatic rings. The zero-order valence-corrected chi connectivity index (χ0v) is 9.36. The number of nitrogens with one attached hydrogen (secondary N) is 1. The van der Waals surface area contributed by atoms with Crippen molar-refractivity contribution in [3.63, 3.8) is 0 Å². The number of carbonyl (C=O) groups is 2. The first-order valence-corrected chi connectivity index (χ1v) is 5.29. The SMILES string of the molecule is CCN1C(=O)NC(=O)C1(C)c1ccccc1. The van der Waals surface area contributed by atoms with Crippen LogP contribution in [0.2, 0.25) is 0 Å². The molecule has 4 nitrogen and oxygen atoms in total. The van der Waals surface area contributed by atoms with E-state index in [4.69, 9.17) is 0 Å². The summed E-state index contributed by atoms with van der Waals surface area (Å²) >= 11 is 0. The Morgan fingerprint density at radius 2 is 1.88 bits per heavy atom. The minimum Gasteiger partial charge on any atom is -0.306 e. The highest BCUT2D eigenvalue weighted by Crippen LogP contribution is 2.32. The monoisotopic (exact) mass is 218 g/mol. The summed E-state index contributed by atoms with van der Waals surface area (Å²) in [5.41, 5.74) is -0.0483.